The number of aromatic nitrogens is 2. The normalized spacial score (nSPS) is 17.0. The Balaban J connectivity index is 1.31. The van der Waals surface area contributed by atoms with E-state index >= 15 is 0 Å². The van der Waals surface area contributed by atoms with Gasteiger partial charge in [-0.2, -0.15) is 4.98 Å². The monoisotopic (exact) mass is 495 g/mol. The average Bonchev–Trinajstić information content (AvgIpc) is 2.90. The van der Waals surface area contributed by atoms with Gasteiger partial charge in [-0.05, 0) is 55.5 Å². The van der Waals surface area contributed by atoms with Crippen LogP contribution in [0.1, 0.15) is 37.0 Å². The fourth-order valence-electron chi connectivity index (χ4n) is 4.72. The van der Waals surface area contributed by atoms with Gasteiger partial charge in [-0.1, -0.05) is 54.6 Å². The van der Waals surface area contributed by atoms with Gasteiger partial charge < -0.3 is 11.1 Å². The second-order valence-corrected chi connectivity index (χ2v) is 9.76. The number of fused-ring (bicyclic) bond motifs is 1. The topological polar surface area (TPSA) is 99.7 Å². The van der Waals surface area contributed by atoms with Crippen molar-refractivity contribution in [3.8, 4) is 0 Å². The second kappa shape index (κ2) is 10.9. The zero-order valence-corrected chi connectivity index (χ0v) is 21.3. The number of hydrogen-bond acceptors (Lipinski definition) is 7. The molecule has 8 nitrogen and oxygen atoms in total. The lowest BCUT2D eigenvalue weighted by Gasteiger charge is -2.38. The lowest BCUT2D eigenvalue weighted by atomic mass is 10.0. The number of rotatable bonds is 8. The number of anilines is 2. The van der Waals surface area contributed by atoms with E-state index in [1.165, 1.54) is 11.1 Å². The molecule has 5 rings (SSSR count). The van der Waals surface area contributed by atoms with Crippen molar-refractivity contribution in [1.82, 2.24) is 14.9 Å². The molecule has 2 atom stereocenters. The van der Waals surface area contributed by atoms with Gasteiger partial charge in [0, 0.05) is 37.8 Å². The number of carbonyl (C=O) groups is 1. The first kappa shape index (κ1) is 24.6. The minimum Gasteiger partial charge on any atom is -0.351 e. The van der Waals surface area contributed by atoms with E-state index in [0.29, 0.717) is 31.4 Å². The van der Waals surface area contributed by atoms with Crippen LogP contribution in [0.4, 0.5) is 11.8 Å². The Morgan fingerprint density at radius 3 is 2.43 bits per heavy atom. The van der Waals surface area contributed by atoms with Crippen molar-refractivity contribution < 1.29 is 4.79 Å². The number of hydrogen-bond donors (Lipinski definition) is 2. The molecule has 3 N–H and O–H groups in total. The van der Waals surface area contributed by atoms with Crippen molar-refractivity contribution in [2.45, 2.75) is 45.2 Å². The van der Waals surface area contributed by atoms with Gasteiger partial charge in [-0.15, -0.1) is 0 Å². The van der Waals surface area contributed by atoms with Crippen LogP contribution in [0, 0.1) is 0 Å². The Morgan fingerprint density at radius 1 is 0.973 bits per heavy atom. The molecule has 37 heavy (non-hydrogen) atoms. The van der Waals surface area contributed by atoms with Gasteiger partial charge in [0.2, 0.25) is 17.8 Å². The van der Waals surface area contributed by atoms with Crippen molar-refractivity contribution in [2.75, 3.05) is 23.3 Å². The molecule has 1 saturated heterocycles. The molecule has 2 unspecified atom stereocenters. The molecule has 8 heteroatoms. The standard InChI is InChI=1S/C29H33N7O/c1-20(30)18-22-8-10-23(11-9-22)19-21(2)32-28-31-15-12-26(34-28)35-17-14-27(37)36-16-13-25(33-29(35)36)24-6-4-3-5-7-24/h3-13,15,20-21H,14,16-19,30H2,1-2H3,(H,31,32,34). The Hall–Kier alpha value is -4.04. The van der Waals surface area contributed by atoms with E-state index in [9.17, 15) is 4.79 Å². The number of aliphatic imine (C=N–C) groups is 1. The third-order valence-electron chi connectivity index (χ3n) is 6.51. The molecule has 2 aliphatic heterocycles. The molecule has 0 bridgehead atoms. The lowest BCUT2D eigenvalue weighted by Crippen LogP contribution is -2.54. The number of benzene rings is 2. The number of nitrogens with zero attached hydrogens (tertiary/aromatic N) is 5. The summed E-state index contributed by atoms with van der Waals surface area (Å²) in [4.78, 5) is 30.5. The molecule has 3 aromatic rings. The van der Waals surface area contributed by atoms with Gasteiger partial charge in [0.15, 0.2) is 0 Å². The minimum atomic E-state index is 0.0753. The summed E-state index contributed by atoms with van der Waals surface area (Å²) < 4.78 is 0. The van der Waals surface area contributed by atoms with E-state index in [4.69, 9.17) is 15.7 Å². The summed E-state index contributed by atoms with van der Waals surface area (Å²) in [5.74, 6) is 1.96. The van der Waals surface area contributed by atoms with E-state index in [0.717, 1.165) is 29.9 Å². The number of amides is 1. The molecule has 2 aliphatic rings. The molecule has 0 spiro atoms. The van der Waals surface area contributed by atoms with E-state index in [2.05, 4.69) is 41.5 Å². The summed E-state index contributed by atoms with van der Waals surface area (Å²) in [5, 5.41) is 3.43. The Morgan fingerprint density at radius 2 is 1.70 bits per heavy atom. The maximum atomic E-state index is 12.6. The maximum absolute atomic E-state index is 12.6. The molecule has 0 aliphatic carbocycles. The molecule has 2 aromatic carbocycles. The van der Waals surface area contributed by atoms with Crippen LogP contribution in [0.2, 0.25) is 0 Å². The molecule has 1 fully saturated rings. The van der Waals surface area contributed by atoms with Gasteiger partial charge in [0.05, 0.1) is 5.70 Å². The van der Waals surface area contributed by atoms with Crippen molar-refractivity contribution in [2.24, 2.45) is 10.7 Å². The fourth-order valence-corrected chi connectivity index (χ4v) is 4.72. The molecule has 190 valence electrons. The van der Waals surface area contributed by atoms with Crippen LogP contribution in [0.15, 0.2) is 77.9 Å². The van der Waals surface area contributed by atoms with Gasteiger partial charge in [-0.3, -0.25) is 14.6 Å². The minimum absolute atomic E-state index is 0.0753. The zero-order chi connectivity index (χ0) is 25.8. The molecular formula is C29H33N7O. The predicted octanol–water partition coefficient (Wildman–Crippen LogP) is 3.86. The first-order valence-electron chi connectivity index (χ1n) is 12.8. The van der Waals surface area contributed by atoms with Crippen LogP contribution in [0.25, 0.3) is 5.70 Å². The van der Waals surface area contributed by atoms with Crippen LogP contribution >= 0.6 is 0 Å². The van der Waals surface area contributed by atoms with E-state index in [1.54, 1.807) is 11.1 Å². The largest absolute Gasteiger partial charge is 0.351 e. The summed E-state index contributed by atoms with van der Waals surface area (Å²) in [6.07, 6.45) is 5.88. The highest BCUT2D eigenvalue weighted by Crippen LogP contribution is 2.26. The molecule has 0 saturated carbocycles. The van der Waals surface area contributed by atoms with Crippen LogP contribution in [0.5, 0.6) is 0 Å². The quantitative estimate of drug-likeness (QED) is 0.492. The summed E-state index contributed by atoms with van der Waals surface area (Å²) >= 11 is 0. The highest BCUT2D eigenvalue weighted by Gasteiger charge is 2.33. The van der Waals surface area contributed by atoms with Gasteiger partial charge in [0.25, 0.3) is 0 Å². The fraction of sp³-hybridized carbons (Fsp3) is 0.310. The Bertz CT molecular complexity index is 1300. The van der Waals surface area contributed by atoms with Crippen LogP contribution < -0.4 is 16.0 Å². The van der Waals surface area contributed by atoms with E-state index in [-0.39, 0.29) is 18.0 Å². The Kier molecular flexibility index (Phi) is 7.28. The molecule has 3 heterocycles. The number of nitrogens with two attached hydrogens (primary N) is 1. The van der Waals surface area contributed by atoms with Crippen LogP contribution in [-0.4, -0.2) is 51.9 Å². The summed E-state index contributed by atoms with van der Waals surface area (Å²) in [6.45, 7) is 5.16. The maximum Gasteiger partial charge on any atom is 0.231 e. The molecule has 1 amide bonds. The lowest BCUT2D eigenvalue weighted by molar-refractivity contribution is -0.127. The summed E-state index contributed by atoms with van der Waals surface area (Å²) in [5.41, 5.74) is 10.3. The highest BCUT2D eigenvalue weighted by molar-refractivity contribution is 6.10. The second-order valence-electron chi connectivity index (χ2n) is 9.76. The summed E-state index contributed by atoms with van der Waals surface area (Å²) in [6, 6.07) is 20.8. The first-order valence-corrected chi connectivity index (χ1v) is 12.8. The van der Waals surface area contributed by atoms with E-state index < -0.39 is 0 Å². The van der Waals surface area contributed by atoms with Crippen LogP contribution in [-0.2, 0) is 17.6 Å². The third kappa shape index (κ3) is 5.86. The SMILES string of the molecule is CC(N)Cc1ccc(CC(C)Nc2nccc(N3CCC(=O)N4CC=C(c5ccccc5)N=C43)n2)cc1. The Labute approximate surface area is 217 Å². The highest BCUT2D eigenvalue weighted by atomic mass is 16.2. The van der Waals surface area contributed by atoms with Crippen molar-refractivity contribution in [3.63, 3.8) is 0 Å². The first-order chi connectivity index (χ1) is 18.0. The van der Waals surface area contributed by atoms with Gasteiger partial charge >= 0.3 is 0 Å². The molecule has 1 aromatic heterocycles. The van der Waals surface area contributed by atoms with Gasteiger partial charge in [0.1, 0.15) is 5.82 Å². The summed E-state index contributed by atoms with van der Waals surface area (Å²) in [7, 11) is 0. The van der Waals surface area contributed by atoms with Crippen molar-refractivity contribution in [3.05, 3.63) is 89.6 Å². The number of nitrogens with one attached hydrogen (secondary N) is 1. The van der Waals surface area contributed by atoms with Gasteiger partial charge in [-0.25, -0.2) is 9.98 Å². The smallest absolute Gasteiger partial charge is 0.231 e. The average molecular weight is 496 g/mol. The molecule has 0 radical (unpaired) electrons. The zero-order valence-electron chi connectivity index (χ0n) is 21.3. The van der Waals surface area contributed by atoms with Crippen LogP contribution in [0.3, 0.4) is 0 Å². The van der Waals surface area contributed by atoms with Crippen molar-refractivity contribution in [1.29, 1.82) is 0 Å². The van der Waals surface area contributed by atoms with Crippen molar-refractivity contribution >= 4 is 29.3 Å². The predicted molar refractivity (Wildman–Crippen MR) is 148 cm³/mol. The number of guanidine groups is 1. The van der Waals surface area contributed by atoms with E-state index in [1.807, 2.05) is 54.3 Å². The molecular weight excluding hydrogens is 462 g/mol. The third-order valence-corrected chi connectivity index (χ3v) is 6.51. The number of carbonyl (C=O) groups excluding carboxylic acids is 1.